The first-order chi connectivity index (χ1) is 17.0. The van der Waals surface area contributed by atoms with Crippen molar-refractivity contribution in [3.8, 4) is 27.8 Å². The van der Waals surface area contributed by atoms with Crippen LogP contribution in [0.25, 0.3) is 21.7 Å². The molecule has 4 rings (SSSR count). The molecule has 0 fully saturated rings. The number of hydrogen-bond acceptors (Lipinski definition) is 5. The first-order valence-corrected chi connectivity index (χ1v) is 12.4. The van der Waals surface area contributed by atoms with Crippen molar-refractivity contribution < 1.29 is 22.0 Å². The van der Waals surface area contributed by atoms with Crippen molar-refractivity contribution in [2.75, 3.05) is 6.26 Å². The Labute approximate surface area is 210 Å². The smallest absolute Gasteiger partial charge is 0.302 e. The fourth-order valence-corrected chi connectivity index (χ4v) is 5.20. The zero-order valence-corrected chi connectivity index (χ0v) is 20.4. The average Bonchev–Trinajstić information content (AvgIpc) is 3.31. The van der Waals surface area contributed by atoms with Crippen LogP contribution in [-0.2, 0) is 12.7 Å². The summed E-state index contributed by atoms with van der Waals surface area (Å²) in [6.45, 7) is 1.39. The van der Waals surface area contributed by atoms with Crippen molar-refractivity contribution in [3.63, 3.8) is 0 Å². The number of nitriles is 1. The maximum atomic E-state index is 14.4. The highest BCUT2D eigenvalue weighted by Gasteiger charge is 2.36. The standard InChI is InChI=1S/C25H16F5N3OS2/c1-13-5-15(10-32-23(13)35-2)16-6-22(36-12-16)21-8-19(25(28,29)30)18(9-31)24(34)33(21)11-14-3-4-17(26)7-20(14)27/h3-8,10,12H,11H2,1-2H3. The molecular weight excluding hydrogens is 517 g/mol. The Kier molecular flexibility index (Phi) is 7.02. The predicted octanol–water partition coefficient (Wildman–Crippen LogP) is 6.89. The molecule has 4 aromatic rings. The quantitative estimate of drug-likeness (QED) is 0.207. The van der Waals surface area contributed by atoms with E-state index in [1.807, 2.05) is 19.2 Å². The summed E-state index contributed by atoms with van der Waals surface area (Å²) in [6, 6.07) is 8.26. The summed E-state index contributed by atoms with van der Waals surface area (Å²) in [5.41, 5.74) is -1.63. The fraction of sp³-hybridized carbons (Fsp3) is 0.160. The second-order valence-corrected chi connectivity index (χ2v) is 9.51. The summed E-state index contributed by atoms with van der Waals surface area (Å²) in [5, 5.41) is 11.9. The Hall–Kier alpha value is -3.49. The number of benzene rings is 1. The predicted molar refractivity (Wildman–Crippen MR) is 129 cm³/mol. The van der Waals surface area contributed by atoms with Gasteiger partial charge >= 0.3 is 6.18 Å². The molecule has 0 bridgehead atoms. The molecule has 0 saturated carbocycles. The normalized spacial score (nSPS) is 11.5. The van der Waals surface area contributed by atoms with Crippen molar-refractivity contribution >= 4 is 23.1 Å². The topological polar surface area (TPSA) is 58.7 Å². The largest absolute Gasteiger partial charge is 0.417 e. The molecule has 0 amide bonds. The molecular formula is C25H16F5N3OS2. The lowest BCUT2D eigenvalue weighted by molar-refractivity contribution is -0.137. The Balaban J connectivity index is 1.91. The first-order valence-electron chi connectivity index (χ1n) is 10.3. The molecule has 4 nitrogen and oxygen atoms in total. The lowest BCUT2D eigenvalue weighted by Crippen LogP contribution is -2.28. The second kappa shape index (κ2) is 9.87. The van der Waals surface area contributed by atoms with Crippen molar-refractivity contribution in [1.29, 1.82) is 5.26 Å². The number of halogens is 5. The first kappa shape index (κ1) is 25.6. The minimum Gasteiger partial charge on any atom is -0.302 e. The van der Waals surface area contributed by atoms with Crippen LogP contribution in [0.4, 0.5) is 22.0 Å². The van der Waals surface area contributed by atoms with Gasteiger partial charge in [-0.25, -0.2) is 13.8 Å². The molecule has 0 aliphatic carbocycles. The van der Waals surface area contributed by atoms with E-state index < -0.39 is 41.0 Å². The van der Waals surface area contributed by atoms with Gasteiger partial charge in [0.25, 0.3) is 5.56 Å². The van der Waals surface area contributed by atoms with Crippen molar-refractivity contribution in [1.82, 2.24) is 9.55 Å². The maximum absolute atomic E-state index is 14.4. The molecule has 0 aliphatic heterocycles. The molecule has 0 unspecified atom stereocenters. The molecule has 0 saturated heterocycles. The number of alkyl halides is 3. The zero-order valence-electron chi connectivity index (χ0n) is 18.8. The molecule has 0 aliphatic rings. The van der Waals surface area contributed by atoms with Crippen LogP contribution in [0.2, 0.25) is 0 Å². The van der Waals surface area contributed by atoms with E-state index in [0.29, 0.717) is 16.5 Å². The molecule has 36 heavy (non-hydrogen) atoms. The van der Waals surface area contributed by atoms with Gasteiger partial charge in [-0.15, -0.1) is 23.1 Å². The van der Waals surface area contributed by atoms with Gasteiger partial charge in [-0.05, 0) is 54.0 Å². The summed E-state index contributed by atoms with van der Waals surface area (Å²) in [4.78, 5) is 17.8. The van der Waals surface area contributed by atoms with E-state index in [4.69, 9.17) is 0 Å². The summed E-state index contributed by atoms with van der Waals surface area (Å²) in [5.74, 6) is -1.80. The summed E-state index contributed by atoms with van der Waals surface area (Å²) in [7, 11) is 0. The molecule has 3 aromatic heterocycles. The molecule has 1 aromatic carbocycles. The van der Waals surface area contributed by atoms with Crippen LogP contribution in [0.3, 0.4) is 0 Å². The van der Waals surface area contributed by atoms with E-state index in [1.54, 1.807) is 17.6 Å². The Morgan fingerprint density at radius 3 is 2.50 bits per heavy atom. The van der Waals surface area contributed by atoms with Crippen LogP contribution >= 0.6 is 23.1 Å². The molecule has 0 radical (unpaired) electrons. The van der Waals surface area contributed by atoms with Crippen LogP contribution in [0.5, 0.6) is 0 Å². The van der Waals surface area contributed by atoms with E-state index in [2.05, 4.69) is 4.98 Å². The third kappa shape index (κ3) is 4.92. The van der Waals surface area contributed by atoms with E-state index in [1.165, 1.54) is 17.8 Å². The van der Waals surface area contributed by atoms with E-state index in [0.717, 1.165) is 50.3 Å². The van der Waals surface area contributed by atoms with Crippen LogP contribution < -0.4 is 5.56 Å². The van der Waals surface area contributed by atoms with Gasteiger partial charge in [-0.2, -0.15) is 18.4 Å². The number of aromatic nitrogens is 2. The highest BCUT2D eigenvalue weighted by atomic mass is 32.2. The third-order valence-corrected chi connectivity index (χ3v) is 7.24. The monoisotopic (exact) mass is 533 g/mol. The number of thiophene rings is 1. The number of pyridine rings is 2. The second-order valence-electron chi connectivity index (χ2n) is 7.80. The fourth-order valence-electron chi connectivity index (χ4n) is 3.72. The Morgan fingerprint density at radius 2 is 1.89 bits per heavy atom. The van der Waals surface area contributed by atoms with Gasteiger partial charge in [0.2, 0.25) is 0 Å². The zero-order chi connectivity index (χ0) is 26.2. The van der Waals surface area contributed by atoms with Gasteiger partial charge in [-0.1, -0.05) is 6.07 Å². The van der Waals surface area contributed by atoms with Crippen LogP contribution in [0.1, 0.15) is 22.3 Å². The minimum absolute atomic E-state index is 0.118. The van der Waals surface area contributed by atoms with Gasteiger partial charge in [0.05, 0.1) is 27.7 Å². The number of aryl methyl sites for hydroxylation is 1. The molecule has 184 valence electrons. The minimum atomic E-state index is -4.96. The summed E-state index contributed by atoms with van der Waals surface area (Å²) in [6.07, 6.45) is -1.43. The van der Waals surface area contributed by atoms with Crippen LogP contribution in [0.15, 0.2) is 57.8 Å². The van der Waals surface area contributed by atoms with Crippen LogP contribution in [-0.4, -0.2) is 15.8 Å². The number of thioether (sulfide) groups is 1. The van der Waals surface area contributed by atoms with Crippen molar-refractivity contribution in [2.24, 2.45) is 0 Å². The van der Waals surface area contributed by atoms with Gasteiger partial charge in [-0.3, -0.25) is 4.79 Å². The van der Waals surface area contributed by atoms with E-state index in [9.17, 15) is 32.0 Å². The average molecular weight is 534 g/mol. The third-order valence-electron chi connectivity index (χ3n) is 5.47. The van der Waals surface area contributed by atoms with Gasteiger partial charge < -0.3 is 4.57 Å². The highest BCUT2D eigenvalue weighted by molar-refractivity contribution is 7.98. The lowest BCUT2D eigenvalue weighted by Gasteiger charge is -2.17. The number of nitrogens with zero attached hydrogens (tertiary/aromatic N) is 3. The lowest BCUT2D eigenvalue weighted by atomic mass is 10.1. The molecule has 3 heterocycles. The molecule has 11 heteroatoms. The number of hydrogen-bond donors (Lipinski definition) is 0. The van der Waals surface area contributed by atoms with Gasteiger partial charge in [0.15, 0.2) is 0 Å². The molecule has 0 atom stereocenters. The van der Waals surface area contributed by atoms with E-state index in [-0.39, 0.29) is 11.3 Å². The molecule has 0 spiro atoms. The summed E-state index contributed by atoms with van der Waals surface area (Å²) >= 11 is 2.57. The van der Waals surface area contributed by atoms with Crippen molar-refractivity contribution in [3.05, 3.63) is 92.2 Å². The number of rotatable bonds is 5. The van der Waals surface area contributed by atoms with Crippen LogP contribution in [0, 0.1) is 29.9 Å². The summed E-state index contributed by atoms with van der Waals surface area (Å²) < 4.78 is 69.9. The van der Waals surface area contributed by atoms with Crippen molar-refractivity contribution in [2.45, 2.75) is 24.7 Å². The maximum Gasteiger partial charge on any atom is 0.417 e. The van der Waals surface area contributed by atoms with Gasteiger partial charge in [0, 0.05) is 23.4 Å². The van der Waals surface area contributed by atoms with Gasteiger partial charge in [0.1, 0.15) is 23.3 Å². The highest BCUT2D eigenvalue weighted by Crippen LogP contribution is 2.37. The SMILES string of the molecule is CSc1ncc(-c2csc(-c3cc(C(F)(F)F)c(C#N)c(=O)n3Cc3ccc(F)cc3F)c2)cc1C. The molecule has 0 N–H and O–H groups in total. The Morgan fingerprint density at radius 1 is 1.14 bits per heavy atom. The Bertz CT molecular complexity index is 1570. The van der Waals surface area contributed by atoms with E-state index >= 15 is 0 Å².